The first-order chi connectivity index (χ1) is 12.9. The lowest BCUT2D eigenvalue weighted by atomic mass is 9.88. The second-order valence-electron chi connectivity index (χ2n) is 6.97. The van der Waals surface area contributed by atoms with Gasteiger partial charge in [0.05, 0.1) is 10.7 Å². The van der Waals surface area contributed by atoms with Gasteiger partial charge in [0.1, 0.15) is 17.9 Å². The minimum Gasteiger partial charge on any atom is -0.324 e. The van der Waals surface area contributed by atoms with Crippen LogP contribution in [0.2, 0.25) is 5.02 Å². The van der Waals surface area contributed by atoms with Crippen LogP contribution in [-0.2, 0) is 24.2 Å². The lowest BCUT2D eigenvalue weighted by molar-refractivity contribution is -0.116. The number of amides is 1. The number of aromatic nitrogens is 3. The quantitative estimate of drug-likeness (QED) is 0.749. The Kier molecular flexibility index (Phi) is 4.47. The Balaban J connectivity index is 1.61. The van der Waals surface area contributed by atoms with Crippen molar-refractivity contribution in [1.82, 2.24) is 14.2 Å². The van der Waals surface area contributed by atoms with E-state index < -0.39 is 11.7 Å². The maximum Gasteiger partial charge on any atom is 0.277 e. The van der Waals surface area contributed by atoms with E-state index in [4.69, 9.17) is 11.6 Å². The van der Waals surface area contributed by atoms with Crippen molar-refractivity contribution in [2.75, 3.05) is 5.32 Å². The fraction of sp³-hybridized carbons (Fsp3) is 0.316. The molecule has 0 saturated carbocycles. The molecule has 0 spiro atoms. The highest BCUT2D eigenvalue weighted by Gasteiger charge is 2.23. The Bertz CT molecular complexity index is 1110. The van der Waals surface area contributed by atoms with Crippen molar-refractivity contribution in [1.29, 1.82) is 0 Å². The van der Waals surface area contributed by atoms with E-state index in [0.29, 0.717) is 17.1 Å². The van der Waals surface area contributed by atoms with Crippen molar-refractivity contribution in [3.05, 3.63) is 63.0 Å². The fourth-order valence-corrected chi connectivity index (χ4v) is 3.68. The summed E-state index contributed by atoms with van der Waals surface area (Å²) in [5, 5.41) is 7.05. The highest BCUT2D eigenvalue weighted by molar-refractivity contribution is 6.31. The molecule has 0 radical (unpaired) electrons. The number of fused-ring (bicyclic) bond motifs is 3. The van der Waals surface area contributed by atoms with Crippen molar-refractivity contribution < 1.29 is 9.18 Å². The molecule has 3 aromatic rings. The van der Waals surface area contributed by atoms with Gasteiger partial charge in [0.25, 0.3) is 5.56 Å². The number of carbonyl (C=O) groups excluding carboxylic acids is 1. The second-order valence-corrected chi connectivity index (χ2v) is 7.38. The molecule has 4 rings (SSSR count). The van der Waals surface area contributed by atoms with E-state index in [1.807, 2.05) is 0 Å². The molecular formula is C19H18ClFN4O2. The van der Waals surface area contributed by atoms with E-state index >= 15 is 0 Å². The van der Waals surface area contributed by atoms with Crippen LogP contribution >= 0.6 is 11.6 Å². The molecule has 8 heteroatoms. The molecule has 0 bridgehead atoms. The summed E-state index contributed by atoms with van der Waals surface area (Å²) in [5.41, 5.74) is 2.62. The molecule has 0 fully saturated rings. The maximum absolute atomic E-state index is 13.2. The molecule has 0 aliphatic heterocycles. The second kappa shape index (κ2) is 6.81. The lowest BCUT2D eigenvalue weighted by Gasteiger charge is -2.16. The minimum absolute atomic E-state index is 0.0774. The van der Waals surface area contributed by atoms with Crippen LogP contribution in [0.1, 0.15) is 24.6 Å². The molecule has 140 valence electrons. The summed E-state index contributed by atoms with van der Waals surface area (Å²) in [6.45, 7) is 2.01. The Morgan fingerprint density at radius 2 is 2.22 bits per heavy atom. The standard InChI is InChI=1S/C19H18ClFN4O2/c1-11-2-5-16-13(8-11)18-19(27)24(6-7-25(18)23-16)10-17(26)22-12-3-4-15(21)14(20)9-12/h3-4,6-7,9,11H,2,5,8,10H2,1H3,(H,22,26)/t11-/m1/s1. The highest BCUT2D eigenvalue weighted by atomic mass is 35.5. The number of carbonyl (C=O) groups is 1. The topological polar surface area (TPSA) is 68.4 Å². The zero-order valence-corrected chi connectivity index (χ0v) is 15.5. The number of rotatable bonds is 3. The van der Waals surface area contributed by atoms with E-state index in [9.17, 15) is 14.0 Å². The third-order valence-electron chi connectivity index (χ3n) is 4.89. The molecule has 0 unspecified atom stereocenters. The van der Waals surface area contributed by atoms with Gasteiger partial charge in [-0.2, -0.15) is 5.10 Å². The van der Waals surface area contributed by atoms with Crippen LogP contribution in [0, 0.1) is 11.7 Å². The molecule has 2 aromatic heterocycles. The summed E-state index contributed by atoms with van der Waals surface area (Å²) in [6, 6.07) is 3.92. The third kappa shape index (κ3) is 3.35. The molecule has 1 aliphatic carbocycles. The molecule has 1 aromatic carbocycles. The number of anilines is 1. The van der Waals surface area contributed by atoms with Gasteiger partial charge < -0.3 is 9.88 Å². The summed E-state index contributed by atoms with van der Waals surface area (Å²) in [5.74, 6) is -0.452. The molecule has 1 N–H and O–H groups in total. The van der Waals surface area contributed by atoms with Crippen LogP contribution < -0.4 is 10.9 Å². The molecule has 1 aliphatic rings. The Morgan fingerprint density at radius 1 is 1.41 bits per heavy atom. The SMILES string of the molecule is C[C@@H]1CCc2nn3ccn(CC(=O)Nc4ccc(F)c(Cl)c4)c(=O)c3c2C1. The summed E-state index contributed by atoms with van der Waals surface area (Å²) in [7, 11) is 0. The summed E-state index contributed by atoms with van der Waals surface area (Å²) >= 11 is 5.72. The average molecular weight is 389 g/mol. The molecule has 0 saturated heterocycles. The minimum atomic E-state index is -0.559. The van der Waals surface area contributed by atoms with Gasteiger partial charge in [0.2, 0.25) is 5.91 Å². The Morgan fingerprint density at radius 3 is 3.00 bits per heavy atom. The first-order valence-electron chi connectivity index (χ1n) is 8.77. The molecule has 1 amide bonds. The predicted molar refractivity (Wildman–Crippen MR) is 101 cm³/mol. The van der Waals surface area contributed by atoms with Gasteiger partial charge in [-0.3, -0.25) is 9.59 Å². The number of aryl methyl sites for hydroxylation is 1. The number of nitrogens with zero attached hydrogens (tertiary/aromatic N) is 3. The van der Waals surface area contributed by atoms with Gasteiger partial charge in [-0.1, -0.05) is 18.5 Å². The zero-order valence-electron chi connectivity index (χ0n) is 14.7. The lowest BCUT2D eigenvalue weighted by Crippen LogP contribution is -2.28. The third-order valence-corrected chi connectivity index (χ3v) is 5.18. The summed E-state index contributed by atoms with van der Waals surface area (Å²) in [4.78, 5) is 25.2. The van der Waals surface area contributed by atoms with Crippen molar-refractivity contribution in [2.45, 2.75) is 32.7 Å². The number of halogens is 2. The normalized spacial score (nSPS) is 16.3. The van der Waals surface area contributed by atoms with Crippen molar-refractivity contribution in [3.8, 4) is 0 Å². The summed E-state index contributed by atoms with van der Waals surface area (Å²) in [6.07, 6.45) is 5.99. The monoisotopic (exact) mass is 388 g/mol. The van der Waals surface area contributed by atoms with E-state index in [-0.39, 0.29) is 17.1 Å². The van der Waals surface area contributed by atoms with Gasteiger partial charge in [0.15, 0.2) is 0 Å². The van der Waals surface area contributed by atoms with Crippen LogP contribution in [0.3, 0.4) is 0 Å². The fourth-order valence-electron chi connectivity index (χ4n) is 3.50. The van der Waals surface area contributed by atoms with E-state index in [0.717, 1.165) is 30.5 Å². The first-order valence-corrected chi connectivity index (χ1v) is 9.14. The molecule has 6 nitrogen and oxygen atoms in total. The molecular weight excluding hydrogens is 371 g/mol. The van der Waals surface area contributed by atoms with Crippen LogP contribution in [0.4, 0.5) is 10.1 Å². The van der Waals surface area contributed by atoms with Gasteiger partial charge in [-0.15, -0.1) is 0 Å². The van der Waals surface area contributed by atoms with Gasteiger partial charge in [0, 0.05) is 23.6 Å². The van der Waals surface area contributed by atoms with E-state index in [1.54, 1.807) is 16.9 Å². The summed E-state index contributed by atoms with van der Waals surface area (Å²) < 4.78 is 16.2. The van der Waals surface area contributed by atoms with Crippen LogP contribution in [0.5, 0.6) is 0 Å². The van der Waals surface area contributed by atoms with Crippen molar-refractivity contribution in [2.24, 2.45) is 5.92 Å². The molecule has 1 atom stereocenters. The number of hydrogen-bond donors (Lipinski definition) is 1. The Hall–Kier alpha value is -2.67. The van der Waals surface area contributed by atoms with Crippen LogP contribution in [0.15, 0.2) is 35.4 Å². The van der Waals surface area contributed by atoms with E-state index in [2.05, 4.69) is 17.3 Å². The smallest absolute Gasteiger partial charge is 0.277 e. The van der Waals surface area contributed by atoms with Crippen LogP contribution in [0.25, 0.3) is 5.52 Å². The average Bonchev–Trinajstić information content (AvgIpc) is 2.99. The largest absolute Gasteiger partial charge is 0.324 e. The number of hydrogen-bond acceptors (Lipinski definition) is 3. The van der Waals surface area contributed by atoms with E-state index in [1.165, 1.54) is 22.8 Å². The molecule has 2 heterocycles. The zero-order chi connectivity index (χ0) is 19.1. The van der Waals surface area contributed by atoms with Gasteiger partial charge >= 0.3 is 0 Å². The van der Waals surface area contributed by atoms with Crippen molar-refractivity contribution in [3.63, 3.8) is 0 Å². The van der Waals surface area contributed by atoms with Gasteiger partial charge in [-0.05, 0) is 43.4 Å². The highest BCUT2D eigenvalue weighted by Crippen LogP contribution is 2.26. The maximum atomic E-state index is 13.2. The Labute approximate surface area is 159 Å². The number of nitrogens with one attached hydrogen (secondary N) is 1. The number of benzene rings is 1. The predicted octanol–water partition coefficient (Wildman–Crippen LogP) is 3.05. The first kappa shape index (κ1) is 17.7. The van der Waals surface area contributed by atoms with Gasteiger partial charge in [-0.25, -0.2) is 8.91 Å². The molecule has 27 heavy (non-hydrogen) atoms. The van der Waals surface area contributed by atoms with Crippen LogP contribution in [-0.4, -0.2) is 20.1 Å². The van der Waals surface area contributed by atoms with Crippen molar-refractivity contribution >= 4 is 28.7 Å².